The molecule has 1 heterocycles. The lowest BCUT2D eigenvalue weighted by molar-refractivity contribution is 0.480. The molecule has 0 unspecified atom stereocenters. The predicted octanol–water partition coefficient (Wildman–Crippen LogP) is 2.36. The van der Waals surface area contributed by atoms with Gasteiger partial charge in [0.05, 0.1) is 11.7 Å². The Morgan fingerprint density at radius 1 is 1.10 bits per heavy atom. The highest BCUT2D eigenvalue weighted by Crippen LogP contribution is 2.29. The maximum Gasteiger partial charge on any atom is 0.258 e. The average molecular weight is 281 g/mol. The van der Waals surface area contributed by atoms with Crippen molar-refractivity contribution in [2.24, 2.45) is 0 Å². The second-order valence-electron chi connectivity index (χ2n) is 5.06. The molecule has 2 aromatic carbocycles. The summed E-state index contributed by atoms with van der Waals surface area (Å²) in [6.45, 7) is 0. The van der Waals surface area contributed by atoms with Crippen LogP contribution in [-0.4, -0.2) is 29.2 Å². The van der Waals surface area contributed by atoms with Crippen molar-refractivity contribution < 1.29 is 5.11 Å². The molecule has 0 spiro atoms. The molecular weight excluding hydrogens is 266 g/mol. The zero-order valence-corrected chi connectivity index (χ0v) is 11.8. The fourth-order valence-electron chi connectivity index (χ4n) is 2.28. The molecule has 0 aliphatic carbocycles. The molecule has 0 aliphatic rings. The highest BCUT2D eigenvalue weighted by Gasteiger charge is 2.09. The second-order valence-corrected chi connectivity index (χ2v) is 5.06. The number of H-pyrrole nitrogens is 1. The lowest BCUT2D eigenvalue weighted by Gasteiger charge is -2.13. The standard InChI is InChI=1S/C16H15N3O2/c1-19(2)12-5-3-10(4-6-12)11-7-13-15(14(20)8-11)17-9-18-16(13)21/h3-9,20H,1-2H3,(H,17,18,21). The van der Waals surface area contributed by atoms with Gasteiger partial charge in [-0.1, -0.05) is 12.1 Å². The molecule has 0 fully saturated rings. The van der Waals surface area contributed by atoms with Crippen LogP contribution in [0.15, 0.2) is 47.5 Å². The van der Waals surface area contributed by atoms with Gasteiger partial charge in [0.15, 0.2) is 0 Å². The molecule has 106 valence electrons. The minimum Gasteiger partial charge on any atom is -0.506 e. The summed E-state index contributed by atoms with van der Waals surface area (Å²) in [6, 6.07) is 11.3. The highest BCUT2D eigenvalue weighted by atomic mass is 16.3. The summed E-state index contributed by atoms with van der Waals surface area (Å²) in [5.41, 5.74) is 2.85. The average Bonchev–Trinajstić information content (AvgIpc) is 2.48. The second kappa shape index (κ2) is 4.94. The van der Waals surface area contributed by atoms with Crippen LogP contribution in [-0.2, 0) is 0 Å². The fourth-order valence-corrected chi connectivity index (χ4v) is 2.28. The topological polar surface area (TPSA) is 69.2 Å². The number of aromatic nitrogens is 2. The first-order valence-corrected chi connectivity index (χ1v) is 6.54. The fraction of sp³-hybridized carbons (Fsp3) is 0.125. The Morgan fingerprint density at radius 3 is 2.48 bits per heavy atom. The predicted molar refractivity (Wildman–Crippen MR) is 83.8 cm³/mol. The van der Waals surface area contributed by atoms with Crippen LogP contribution in [0.2, 0.25) is 0 Å². The monoisotopic (exact) mass is 281 g/mol. The largest absolute Gasteiger partial charge is 0.506 e. The molecule has 3 aromatic rings. The van der Waals surface area contributed by atoms with Gasteiger partial charge in [0.2, 0.25) is 0 Å². The maximum atomic E-state index is 11.8. The molecular formula is C16H15N3O2. The number of rotatable bonds is 2. The summed E-state index contributed by atoms with van der Waals surface area (Å²) in [5.74, 6) is 0.00489. The van der Waals surface area contributed by atoms with Crippen molar-refractivity contribution in [3.05, 3.63) is 53.1 Å². The van der Waals surface area contributed by atoms with Crippen LogP contribution in [0.4, 0.5) is 5.69 Å². The highest BCUT2D eigenvalue weighted by molar-refractivity contribution is 5.88. The first-order chi connectivity index (χ1) is 10.1. The zero-order valence-electron chi connectivity index (χ0n) is 11.8. The van der Waals surface area contributed by atoms with Gasteiger partial charge in [-0.05, 0) is 35.4 Å². The van der Waals surface area contributed by atoms with E-state index in [4.69, 9.17) is 0 Å². The van der Waals surface area contributed by atoms with Gasteiger partial charge in [0, 0.05) is 19.8 Å². The number of anilines is 1. The van der Waals surface area contributed by atoms with Crippen molar-refractivity contribution in [2.75, 3.05) is 19.0 Å². The van der Waals surface area contributed by atoms with Gasteiger partial charge in [0.25, 0.3) is 5.56 Å². The molecule has 3 rings (SSSR count). The Kier molecular flexibility index (Phi) is 3.10. The molecule has 2 N–H and O–H groups in total. The summed E-state index contributed by atoms with van der Waals surface area (Å²) in [4.78, 5) is 20.4. The quantitative estimate of drug-likeness (QED) is 0.756. The van der Waals surface area contributed by atoms with Gasteiger partial charge in [0.1, 0.15) is 11.3 Å². The van der Waals surface area contributed by atoms with Gasteiger partial charge in [-0.15, -0.1) is 0 Å². The van der Waals surface area contributed by atoms with Gasteiger partial charge < -0.3 is 15.0 Å². The van der Waals surface area contributed by atoms with E-state index < -0.39 is 0 Å². The first kappa shape index (κ1) is 13.2. The van der Waals surface area contributed by atoms with Crippen molar-refractivity contribution in [3.8, 4) is 16.9 Å². The van der Waals surface area contributed by atoms with Crippen LogP contribution in [0.3, 0.4) is 0 Å². The van der Waals surface area contributed by atoms with Gasteiger partial charge in [-0.25, -0.2) is 4.98 Å². The summed E-state index contributed by atoms with van der Waals surface area (Å²) in [5, 5.41) is 10.4. The van der Waals surface area contributed by atoms with E-state index in [1.807, 2.05) is 43.3 Å². The van der Waals surface area contributed by atoms with Crippen molar-refractivity contribution >= 4 is 16.6 Å². The van der Waals surface area contributed by atoms with E-state index in [2.05, 4.69) is 9.97 Å². The van der Waals surface area contributed by atoms with Crippen molar-refractivity contribution in [3.63, 3.8) is 0 Å². The smallest absolute Gasteiger partial charge is 0.258 e. The van der Waals surface area contributed by atoms with Crippen LogP contribution in [0, 0.1) is 0 Å². The van der Waals surface area contributed by atoms with E-state index in [-0.39, 0.29) is 11.3 Å². The summed E-state index contributed by atoms with van der Waals surface area (Å²) in [6.07, 6.45) is 1.29. The number of aromatic amines is 1. The Labute approximate surface area is 121 Å². The zero-order chi connectivity index (χ0) is 15.0. The van der Waals surface area contributed by atoms with Crippen LogP contribution in [0.1, 0.15) is 0 Å². The van der Waals surface area contributed by atoms with Crippen LogP contribution in [0.5, 0.6) is 5.75 Å². The Hall–Kier alpha value is -2.82. The van der Waals surface area contributed by atoms with Gasteiger partial charge in [-0.3, -0.25) is 4.79 Å². The molecule has 0 saturated heterocycles. The lowest BCUT2D eigenvalue weighted by Crippen LogP contribution is -2.08. The molecule has 0 aliphatic heterocycles. The van der Waals surface area contributed by atoms with E-state index in [0.29, 0.717) is 10.9 Å². The number of phenolic OH excluding ortho intramolecular Hbond substituents is 1. The van der Waals surface area contributed by atoms with E-state index in [0.717, 1.165) is 16.8 Å². The number of benzene rings is 2. The van der Waals surface area contributed by atoms with E-state index in [9.17, 15) is 9.90 Å². The molecule has 0 saturated carbocycles. The van der Waals surface area contributed by atoms with Crippen molar-refractivity contribution in [1.29, 1.82) is 0 Å². The van der Waals surface area contributed by atoms with Gasteiger partial charge >= 0.3 is 0 Å². The maximum absolute atomic E-state index is 11.8. The van der Waals surface area contributed by atoms with Crippen molar-refractivity contribution in [2.45, 2.75) is 0 Å². The van der Waals surface area contributed by atoms with Crippen LogP contribution < -0.4 is 10.5 Å². The third kappa shape index (κ3) is 2.33. The number of phenols is 1. The summed E-state index contributed by atoms with van der Waals surface area (Å²) >= 11 is 0. The number of aromatic hydroxyl groups is 1. The number of hydrogen-bond donors (Lipinski definition) is 2. The van der Waals surface area contributed by atoms with E-state index in [1.54, 1.807) is 12.1 Å². The van der Waals surface area contributed by atoms with Crippen LogP contribution in [0.25, 0.3) is 22.0 Å². The minimum absolute atomic E-state index is 0.00489. The Bertz CT molecular complexity index is 852. The molecule has 0 amide bonds. The molecule has 5 nitrogen and oxygen atoms in total. The minimum atomic E-state index is -0.262. The molecule has 21 heavy (non-hydrogen) atoms. The van der Waals surface area contributed by atoms with Crippen molar-refractivity contribution in [1.82, 2.24) is 9.97 Å². The molecule has 0 bridgehead atoms. The molecule has 0 atom stereocenters. The number of nitrogens with one attached hydrogen (secondary N) is 1. The number of fused-ring (bicyclic) bond motifs is 1. The Morgan fingerprint density at radius 2 is 1.81 bits per heavy atom. The lowest BCUT2D eigenvalue weighted by atomic mass is 10.0. The third-order valence-corrected chi connectivity index (χ3v) is 3.44. The number of nitrogens with zero attached hydrogens (tertiary/aromatic N) is 2. The Balaban J connectivity index is 2.16. The molecule has 0 radical (unpaired) electrons. The first-order valence-electron chi connectivity index (χ1n) is 6.54. The SMILES string of the molecule is CN(C)c1ccc(-c2cc(O)c3nc[nH]c(=O)c3c2)cc1. The van der Waals surface area contributed by atoms with Crippen LogP contribution >= 0.6 is 0 Å². The summed E-state index contributed by atoms with van der Waals surface area (Å²) < 4.78 is 0. The molecule has 1 aromatic heterocycles. The molecule has 5 heteroatoms. The van der Waals surface area contributed by atoms with E-state index in [1.165, 1.54) is 6.33 Å². The van der Waals surface area contributed by atoms with Gasteiger partial charge in [-0.2, -0.15) is 0 Å². The normalized spacial score (nSPS) is 10.8. The van der Waals surface area contributed by atoms with E-state index >= 15 is 0 Å². The third-order valence-electron chi connectivity index (χ3n) is 3.44. The number of hydrogen-bond acceptors (Lipinski definition) is 4. The summed E-state index contributed by atoms with van der Waals surface area (Å²) in [7, 11) is 3.95.